The first-order valence-corrected chi connectivity index (χ1v) is 6.42. The van der Waals surface area contributed by atoms with Crippen LogP contribution >= 0.6 is 0 Å². The standard InChI is InChI=1S/C14H21N/c1-15-10-4-7-13-12-6-3-2-5-11(12)8-9-14(13)15/h2-3,13-14H,4-10H2,1H3. The van der Waals surface area contributed by atoms with Gasteiger partial charge in [0.25, 0.3) is 0 Å². The largest absolute Gasteiger partial charge is 0.303 e. The first kappa shape index (κ1) is 9.65. The first-order valence-electron chi connectivity index (χ1n) is 6.42. The molecule has 0 aromatic heterocycles. The summed E-state index contributed by atoms with van der Waals surface area (Å²) < 4.78 is 0. The highest BCUT2D eigenvalue weighted by molar-refractivity contribution is 5.30. The lowest BCUT2D eigenvalue weighted by molar-refractivity contribution is 0.121. The molecule has 0 radical (unpaired) electrons. The van der Waals surface area contributed by atoms with Crippen molar-refractivity contribution in [2.75, 3.05) is 13.6 Å². The minimum atomic E-state index is 0.865. The van der Waals surface area contributed by atoms with Gasteiger partial charge < -0.3 is 4.90 Å². The maximum atomic E-state index is 2.61. The summed E-state index contributed by atoms with van der Waals surface area (Å²) in [6.07, 6.45) is 12.9. The van der Waals surface area contributed by atoms with E-state index in [0.29, 0.717) is 0 Å². The van der Waals surface area contributed by atoms with Gasteiger partial charge in [-0.05, 0) is 58.0 Å². The normalized spacial score (nSPS) is 36.3. The molecule has 0 amide bonds. The maximum absolute atomic E-state index is 2.61. The fourth-order valence-corrected chi connectivity index (χ4v) is 3.76. The van der Waals surface area contributed by atoms with Gasteiger partial charge in [-0.3, -0.25) is 0 Å². The Labute approximate surface area is 92.8 Å². The van der Waals surface area contributed by atoms with Crippen LogP contribution in [-0.2, 0) is 0 Å². The van der Waals surface area contributed by atoms with Crippen LogP contribution in [0.4, 0.5) is 0 Å². The molecule has 1 aliphatic heterocycles. The molecule has 0 saturated carbocycles. The number of hydrogen-bond donors (Lipinski definition) is 0. The number of piperidine rings is 1. The SMILES string of the molecule is CN1CCCC2C3=C(CC=CC3)CCC21. The number of allylic oxidation sites excluding steroid dienone is 3. The van der Waals surface area contributed by atoms with Gasteiger partial charge >= 0.3 is 0 Å². The van der Waals surface area contributed by atoms with Crippen LogP contribution in [-0.4, -0.2) is 24.5 Å². The lowest BCUT2D eigenvalue weighted by Crippen LogP contribution is -2.45. The molecular weight excluding hydrogens is 182 g/mol. The molecule has 3 aliphatic rings. The molecule has 0 aromatic rings. The molecule has 0 spiro atoms. The maximum Gasteiger partial charge on any atom is 0.0161 e. The molecule has 0 aromatic carbocycles. The summed E-state index contributed by atoms with van der Waals surface area (Å²) in [6.45, 7) is 1.32. The third-order valence-corrected chi connectivity index (χ3v) is 4.57. The summed E-state index contributed by atoms with van der Waals surface area (Å²) >= 11 is 0. The predicted octanol–water partition coefficient (Wildman–Crippen LogP) is 3.14. The van der Waals surface area contributed by atoms with Gasteiger partial charge in [-0.15, -0.1) is 0 Å². The van der Waals surface area contributed by atoms with Crippen molar-refractivity contribution in [1.29, 1.82) is 0 Å². The van der Waals surface area contributed by atoms with Crippen molar-refractivity contribution < 1.29 is 0 Å². The minimum Gasteiger partial charge on any atom is -0.303 e. The van der Waals surface area contributed by atoms with E-state index in [0.717, 1.165) is 12.0 Å². The Morgan fingerprint density at radius 1 is 1.20 bits per heavy atom. The highest BCUT2D eigenvalue weighted by Gasteiger charge is 2.35. The van der Waals surface area contributed by atoms with Crippen molar-refractivity contribution in [2.24, 2.45) is 5.92 Å². The molecule has 0 N–H and O–H groups in total. The Hall–Kier alpha value is -0.560. The summed E-state index contributed by atoms with van der Waals surface area (Å²) in [7, 11) is 2.32. The molecular formula is C14H21N. The van der Waals surface area contributed by atoms with Crippen molar-refractivity contribution in [3.8, 4) is 0 Å². The van der Waals surface area contributed by atoms with E-state index in [2.05, 4.69) is 24.1 Å². The number of nitrogens with zero attached hydrogens (tertiary/aromatic N) is 1. The van der Waals surface area contributed by atoms with Gasteiger partial charge in [0.15, 0.2) is 0 Å². The van der Waals surface area contributed by atoms with Crippen molar-refractivity contribution in [3.05, 3.63) is 23.3 Å². The monoisotopic (exact) mass is 203 g/mol. The Morgan fingerprint density at radius 2 is 2.07 bits per heavy atom. The molecule has 2 aliphatic carbocycles. The molecule has 1 heteroatoms. The second-order valence-corrected chi connectivity index (χ2v) is 5.34. The Balaban J connectivity index is 1.88. The van der Waals surface area contributed by atoms with Crippen LogP contribution in [0.25, 0.3) is 0 Å². The fraction of sp³-hybridized carbons (Fsp3) is 0.714. The van der Waals surface area contributed by atoms with Gasteiger partial charge in [-0.25, -0.2) is 0 Å². The van der Waals surface area contributed by atoms with Crippen LogP contribution in [0.1, 0.15) is 38.5 Å². The van der Waals surface area contributed by atoms with E-state index in [1.54, 1.807) is 5.57 Å². The number of hydrogen-bond acceptors (Lipinski definition) is 1. The van der Waals surface area contributed by atoms with Gasteiger partial charge in [0.2, 0.25) is 0 Å². The lowest BCUT2D eigenvalue weighted by atomic mass is 9.71. The summed E-state index contributed by atoms with van der Waals surface area (Å²) in [5, 5.41) is 0. The second-order valence-electron chi connectivity index (χ2n) is 5.34. The fourth-order valence-electron chi connectivity index (χ4n) is 3.76. The highest BCUT2D eigenvalue weighted by atomic mass is 15.1. The second kappa shape index (κ2) is 3.79. The van der Waals surface area contributed by atoms with Crippen LogP contribution in [0, 0.1) is 5.92 Å². The zero-order valence-electron chi connectivity index (χ0n) is 9.71. The summed E-state index contributed by atoms with van der Waals surface area (Å²) in [5.41, 5.74) is 3.61. The van der Waals surface area contributed by atoms with E-state index in [1.807, 2.05) is 5.57 Å². The molecule has 82 valence electrons. The topological polar surface area (TPSA) is 3.24 Å². The van der Waals surface area contributed by atoms with Crippen molar-refractivity contribution in [3.63, 3.8) is 0 Å². The molecule has 2 unspecified atom stereocenters. The van der Waals surface area contributed by atoms with Gasteiger partial charge in [0.1, 0.15) is 0 Å². The summed E-state index contributed by atoms with van der Waals surface area (Å²) in [5.74, 6) is 0.900. The lowest BCUT2D eigenvalue weighted by Gasteiger charge is -2.45. The van der Waals surface area contributed by atoms with Gasteiger partial charge in [0.05, 0.1) is 0 Å². The zero-order valence-corrected chi connectivity index (χ0v) is 9.71. The van der Waals surface area contributed by atoms with Crippen LogP contribution in [0.5, 0.6) is 0 Å². The van der Waals surface area contributed by atoms with E-state index >= 15 is 0 Å². The molecule has 1 nitrogen and oxygen atoms in total. The highest BCUT2D eigenvalue weighted by Crippen LogP contribution is 2.42. The third kappa shape index (κ3) is 1.57. The van der Waals surface area contributed by atoms with E-state index in [1.165, 1.54) is 45.1 Å². The Morgan fingerprint density at radius 3 is 3.00 bits per heavy atom. The quantitative estimate of drug-likeness (QED) is 0.547. The Kier molecular flexibility index (Phi) is 2.44. The molecule has 1 fully saturated rings. The van der Waals surface area contributed by atoms with E-state index in [-0.39, 0.29) is 0 Å². The van der Waals surface area contributed by atoms with Crippen LogP contribution in [0.15, 0.2) is 23.3 Å². The van der Waals surface area contributed by atoms with Crippen LogP contribution in [0.3, 0.4) is 0 Å². The number of fused-ring (bicyclic) bond motifs is 2. The van der Waals surface area contributed by atoms with Crippen molar-refractivity contribution >= 4 is 0 Å². The molecule has 0 bridgehead atoms. The van der Waals surface area contributed by atoms with E-state index < -0.39 is 0 Å². The van der Waals surface area contributed by atoms with Gasteiger partial charge in [-0.2, -0.15) is 0 Å². The number of likely N-dealkylation sites (tertiary alicyclic amines) is 1. The molecule has 1 saturated heterocycles. The van der Waals surface area contributed by atoms with Crippen molar-refractivity contribution in [1.82, 2.24) is 4.90 Å². The van der Waals surface area contributed by atoms with E-state index in [9.17, 15) is 0 Å². The molecule has 3 rings (SSSR count). The molecule has 1 heterocycles. The summed E-state index contributed by atoms with van der Waals surface area (Å²) in [4.78, 5) is 2.61. The number of rotatable bonds is 0. The van der Waals surface area contributed by atoms with Gasteiger partial charge in [-0.1, -0.05) is 23.3 Å². The van der Waals surface area contributed by atoms with Crippen molar-refractivity contribution in [2.45, 2.75) is 44.6 Å². The first-order chi connectivity index (χ1) is 7.36. The molecule has 2 atom stereocenters. The Bertz CT molecular complexity index is 313. The zero-order chi connectivity index (χ0) is 10.3. The van der Waals surface area contributed by atoms with Crippen LogP contribution < -0.4 is 0 Å². The third-order valence-electron chi connectivity index (χ3n) is 4.57. The minimum absolute atomic E-state index is 0.865. The van der Waals surface area contributed by atoms with Crippen LogP contribution in [0.2, 0.25) is 0 Å². The summed E-state index contributed by atoms with van der Waals surface area (Å²) in [6, 6.07) is 0.865. The predicted molar refractivity (Wildman–Crippen MR) is 63.8 cm³/mol. The smallest absolute Gasteiger partial charge is 0.0161 e. The van der Waals surface area contributed by atoms with E-state index in [4.69, 9.17) is 0 Å². The molecule has 15 heavy (non-hydrogen) atoms. The average molecular weight is 203 g/mol. The van der Waals surface area contributed by atoms with Gasteiger partial charge in [0, 0.05) is 6.04 Å². The average Bonchev–Trinajstić information content (AvgIpc) is 2.29.